The van der Waals surface area contributed by atoms with E-state index in [0.29, 0.717) is 106 Å². The summed E-state index contributed by atoms with van der Waals surface area (Å²) in [5.41, 5.74) is 2.48. The molecular formula is C42H75NO15. The number of anilines is 1. The van der Waals surface area contributed by atoms with E-state index in [9.17, 15) is 9.59 Å². The van der Waals surface area contributed by atoms with Crippen molar-refractivity contribution in [2.45, 2.75) is 85.4 Å². The van der Waals surface area contributed by atoms with Gasteiger partial charge in [0.15, 0.2) is 0 Å². The van der Waals surface area contributed by atoms with Crippen LogP contribution in [-0.4, -0.2) is 182 Å². The van der Waals surface area contributed by atoms with Crippen molar-refractivity contribution in [1.29, 1.82) is 0 Å². The maximum atomic E-state index is 11.3. The lowest BCUT2D eigenvalue weighted by Gasteiger charge is -2.24. The standard InChI is InChI=1S/C42H75NO15/c1-8-43(41-11-9-10-35(2)28-41)13-15-51-29-36(3)55-31-38(5)57-33-40(7)58-32-39(6)56-30-37(4)53-26-24-49-22-20-47-18-16-46-17-19-48-21-23-50-25-27-54-42(45)12-14-52-34-44/h9-11,28,34,36-40H,8,12-27,29-33H2,1-7H3. The van der Waals surface area contributed by atoms with Gasteiger partial charge in [-0.1, -0.05) is 12.1 Å². The molecule has 1 rings (SSSR count). The molecule has 0 heterocycles. The average molecular weight is 834 g/mol. The molecule has 0 saturated carbocycles. The maximum absolute atomic E-state index is 11.3. The zero-order valence-electron chi connectivity index (χ0n) is 36.4. The summed E-state index contributed by atoms with van der Waals surface area (Å²) in [6.45, 7) is 24.2. The smallest absolute Gasteiger partial charge is 0.309 e. The second-order valence-corrected chi connectivity index (χ2v) is 13.8. The summed E-state index contributed by atoms with van der Waals surface area (Å²) >= 11 is 0. The van der Waals surface area contributed by atoms with Gasteiger partial charge < -0.3 is 66.5 Å². The van der Waals surface area contributed by atoms with Gasteiger partial charge in [-0.25, -0.2) is 0 Å². The minimum atomic E-state index is -0.444. The van der Waals surface area contributed by atoms with Crippen molar-refractivity contribution < 1.29 is 71.2 Å². The molecule has 0 N–H and O–H groups in total. The number of hydrogen-bond acceptors (Lipinski definition) is 16. The first-order chi connectivity index (χ1) is 28.1. The third kappa shape index (κ3) is 32.4. The molecule has 0 bridgehead atoms. The minimum Gasteiger partial charge on any atom is -0.467 e. The first-order valence-corrected chi connectivity index (χ1v) is 20.7. The monoisotopic (exact) mass is 834 g/mol. The highest BCUT2D eigenvalue weighted by atomic mass is 16.6. The van der Waals surface area contributed by atoms with Crippen LogP contribution in [0.5, 0.6) is 0 Å². The van der Waals surface area contributed by atoms with Crippen LogP contribution in [0.1, 0.15) is 53.5 Å². The topological polar surface area (TPSA) is 157 Å². The van der Waals surface area contributed by atoms with Crippen LogP contribution in [0.2, 0.25) is 0 Å². The van der Waals surface area contributed by atoms with Crippen LogP contribution in [0, 0.1) is 6.92 Å². The van der Waals surface area contributed by atoms with Crippen molar-refractivity contribution in [3.05, 3.63) is 29.8 Å². The Morgan fingerprint density at radius 1 is 0.569 bits per heavy atom. The Balaban J connectivity index is 1.88. The zero-order chi connectivity index (χ0) is 42.5. The molecule has 0 fully saturated rings. The molecule has 5 atom stereocenters. The van der Waals surface area contributed by atoms with Crippen LogP contribution >= 0.6 is 0 Å². The van der Waals surface area contributed by atoms with Crippen molar-refractivity contribution in [3.63, 3.8) is 0 Å². The largest absolute Gasteiger partial charge is 0.467 e. The van der Waals surface area contributed by atoms with Gasteiger partial charge in [-0.2, -0.15) is 0 Å². The van der Waals surface area contributed by atoms with Crippen molar-refractivity contribution in [2.24, 2.45) is 0 Å². The highest BCUT2D eigenvalue weighted by Gasteiger charge is 2.13. The average Bonchev–Trinajstić information content (AvgIpc) is 3.21. The fraction of sp³-hybridized carbons (Fsp3) is 0.810. The number of hydrogen-bond donors (Lipinski definition) is 0. The van der Waals surface area contributed by atoms with E-state index in [2.05, 4.69) is 47.7 Å². The van der Waals surface area contributed by atoms with Crippen LogP contribution < -0.4 is 4.90 Å². The van der Waals surface area contributed by atoms with E-state index < -0.39 is 5.97 Å². The number of ether oxygens (including phenoxy) is 13. The van der Waals surface area contributed by atoms with Gasteiger partial charge in [0.05, 0.1) is 149 Å². The molecule has 0 spiro atoms. The van der Waals surface area contributed by atoms with Crippen LogP contribution in [0.25, 0.3) is 0 Å². The first-order valence-electron chi connectivity index (χ1n) is 20.7. The van der Waals surface area contributed by atoms with E-state index >= 15 is 0 Å². The first kappa shape index (κ1) is 53.5. The van der Waals surface area contributed by atoms with Crippen LogP contribution in [0.4, 0.5) is 5.69 Å². The molecule has 16 heteroatoms. The number of nitrogens with zero attached hydrogens (tertiary/aromatic N) is 1. The maximum Gasteiger partial charge on any atom is 0.309 e. The predicted molar refractivity (Wildman–Crippen MR) is 219 cm³/mol. The van der Waals surface area contributed by atoms with Gasteiger partial charge in [0.25, 0.3) is 6.47 Å². The zero-order valence-corrected chi connectivity index (χ0v) is 36.4. The molecule has 0 amide bonds. The van der Waals surface area contributed by atoms with Crippen LogP contribution in [0.3, 0.4) is 0 Å². The second kappa shape index (κ2) is 37.5. The Morgan fingerprint density at radius 3 is 1.48 bits per heavy atom. The van der Waals surface area contributed by atoms with E-state index in [1.165, 1.54) is 11.3 Å². The van der Waals surface area contributed by atoms with Gasteiger partial charge in [0.2, 0.25) is 0 Å². The van der Waals surface area contributed by atoms with Gasteiger partial charge in [-0.3, -0.25) is 9.59 Å². The quantitative estimate of drug-likeness (QED) is 0.0528. The van der Waals surface area contributed by atoms with Gasteiger partial charge in [0.1, 0.15) is 13.2 Å². The van der Waals surface area contributed by atoms with Gasteiger partial charge in [-0.05, 0) is 66.2 Å². The third-order valence-electron chi connectivity index (χ3n) is 8.17. The summed E-state index contributed by atoms with van der Waals surface area (Å²) in [6.07, 6.45) is -0.298. The van der Waals surface area contributed by atoms with Gasteiger partial charge in [-0.15, -0.1) is 0 Å². The van der Waals surface area contributed by atoms with E-state index in [4.69, 9.17) is 56.8 Å². The SMILES string of the molecule is CCN(CCOCC(C)OCC(C)OCC(C)OCC(C)OCC(C)OCCOCCOCCOCCOCCOCCOC(=O)CCOC=O)c1cccc(C)c1. The summed E-state index contributed by atoms with van der Waals surface area (Å²) < 4.78 is 72.1. The fourth-order valence-electron chi connectivity index (χ4n) is 4.93. The van der Waals surface area contributed by atoms with E-state index in [0.717, 1.165) is 13.1 Å². The molecule has 1 aromatic carbocycles. The van der Waals surface area contributed by atoms with Crippen molar-refractivity contribution in [3.8, 4) is 0 Å². The normalized spacial score (nSPS) is 14.1. The van der Waals surface area contributed by atoms with Crippen molar-refractivity contribution >= 4 is 18.1 Å². The highest BCUT2D eigenvalue weighted by Crippen LogP contribution is 2.15. The van der Waals surface area contributed by atoms with Gasteiger partial charge in [0, 0.05) is 18.8 Å². The molecule has 0 aliphatic heterocycles. The molecule has 0 saturated heterocycles. The number of carbonyl (C=O) groups is 2. The summed E-state index contributed by atoms with van der Waals surface area (Å²) in [6, 6.07) is 8.54. The predicted octanol–water partition coefficient (Wildman–Crippen LogP) is 4.05. The molecule has 0 aliphatic carbocycles. The Kier molecular flexibility index (Phi) is 34.6. The lowest BCUT2D eigenvalue weighted by Crippen LogP contribution is -2.30. The highest BCUT2D eigenvalue weighted by molar-refractivity contribution is 5.69. The summed E-state index contributed by atoms with van der Waals surface area (Å²) in [5, 5.41) is 0. The number of likely N-dealkylation sites (N-methyl/N-ethyl adjacent to an activating group) is 1. The Morgan fingerprint density at radius 2 is 1.02 bits per heavy atom. The molecular weight excluding hydrogens is 758 g/mol. The number of carbonyl (C=O) groups excluding carboxylic acids is 2. The van der Waals surface area contributed by atoms with Gasteiger partial charge >= 0.3 is 5.97 Å². The molecule has 58 heavy (non-hydrogen) atoms. The Bertz CT molecular complexity index is 1100. The molecule has 16 nitrogen and oxygen atoms in total. The second-order valence-electron chi connectivity index (χ2n) is 13.8. The molecule has 5 unspecified atom stereocenters. The number of esters is 1. The minimum absolute atomic E-state index is 0.00823. The summed E-state index contributed by atoms with van der Waals surface area (Å²) in [5.74, 6) is -0.444. The van der Waals surface area contributed by atoms with E-state index in [1.54, 1.807) is 0 Å². The third-order valence-corrected chi connectivity index (χ3v) is 8.17. The summed E-state index contributed by atoms with van der Waals surface area (Å²) in [4.78, 5) is 23.6. The lowest BCUT2D eigenvalue weighted by molar-refractivity contribution is -0.147. The molecule has 338 valence electrons. The number of rotatable bonds is 42. The van der Waals surface area contributed by atoms with Crippen molar-refractivity contribution in [2.75, 3.05) is 144 Å². The summed E-state index contributed by atoms with van der Waals surface area (Å²) in [7, 11) is 0. The lowest BCUT2D eigenvalue weighted by atomic mass is 10.2. The van der Waals surface area contributed by atoms with Crippen LogP contribution in [-0.2, 0) is 71.2 Å². The fourth-order valence-corrected chi connectivity index (χ4v) is 4.93. The van der Waals surface area contributed by atoms with E-state index in [-0.39, 0.29) is 63.2 Å². The molecule has 1 aromatic rings. The van der Waals surface area contributed by atoms with E-state index in [1.807, 2.05) is 34.6 Å². The molecule has 0 radical (unpaired) electrons. The van der Waals surface area contributed by atoms with Crippen molar-refractivity contribution in [1.82, 2.24) is 0 Å². The van der Waals surface area contributed by atoms with Crippen LogP contribution in [0.15, 0.2) is 24.3 Å². The number of benzene rings is 1. The number of aryl methyl sites for hydroxylation is 1. The Hall–Kier alpha value is -2.48. The molecule has 0 aliphatic rings. The Labute approximate surface area is 347 Å². The molecule has 0 aromatic heterocycles.